The Hall–Kier alpha value is -0.970. The molecule has 0 spiro atoms. The molecule has 1 rings (SSSR count). The zero-order valence-corrected chi connectivity index (χ0v) is 12.5. The van der Waals surface area contributed by atoms with E-state index in [9.17, 15) is 4.79 Å². The van der Waals surface area contributed by atoms with Crippen LogP contribution in [-0.4, -0.2) is 32.8 Å². The van der Waals surface area contributed by atoms with Gasteiger partial charge in [-0.05, 0) is 25.5 Å². The Morgan fingerprint density at radius 3 is 2.47 bits per heavy atom. The van der Waals surface area contributed by atoms with Crippen LogP contribution in [0.1, 0.15) is 23.7 Å². The normalized spacial score (nSPS) is 10.3. The number of carbonyl (C=O) groups excluding carboxylic acids is 1. The molecule has 0 radical (unpaired) electrons. The van der Waals surface area contributed by atoms with E-state index >= 15 is 0 Å². The van der Waals surface area contributed by atoms with E-state index < -0.39 is 0 Å². The van der Waals surface area contributed by atoms with E-state index in [4.69, 9.17) is 32.7 Å². The van der Waals surface area contributed by atoms with E-state index in [-0.39, 0.29) is 5.91 Å². The van der Waals surface area contributed by atoms with Gasteiger partial charge in [0.2, 0.25) is 0 Å². The van der Waals surface area contributed by atoms with Gasteiger partial charge < -0.3 is 14.8 Å². The van der Waals surface area contributed by atoms with Crippen molar-refractivity contribution in [1.82, 2.24) is 5.32 Å². The molecule has 0 saturated carbocycles. The third-order valence-electron chi connectivity index (χ3n) is 2.42. The first-order valence-electron chi connectivity index (χ1n) is 5.99. The average Bonchev–Trinajstić information content (AvgIpc) is 2.38. The van der Waals surface area contributed by atoms with Crippen LogP contribution < -0.4 is 10.1 Å². The number of hydrogen-bond acceptors (Lipinski definition) is 3. The lowest BCUT2D eigenvalue weighted by atomic mass is 10.2. The summed E-state index contributed by atoms with van der Waals surface area (Å²) in [7, 11) is 1.47. The van der Waals surface area contributed by atoms with E-state index in [1.807, 2.05) is 6.92 Å². The molecule has 6 heteroatoms. The number of nitrogens with one attached hydrogen (secondary N) is 1. The molecular weight excluding hydrogens is 289 g/mol. The van der Waals surface area contributed by atoms with Crippen molar-refractivity contribution >= 4 is 29.1 Å². The van der Waals surface area contributed by atoms with Crippen molar-refractivity contribution in [3.8, 4) is 5.75 Å². The molecule has 1 N–H and O–H groups in total. The Balaban J connectivity index is 2.58. The molecule has 106 valence electrons. The predicted octanol–water partition coefficient (Wildman–Crippen LogP) is 3.16. The molecule has 0 aliphatic carbocycles. The number of halogens is 2. The van der Waals surface area contributed by atoms with Gasteiger partial charge in [0, 0.05) is 25.3 Å². The average molecular weight is 306 g/mol. The maximum absolute atomic E-state index is 11.9. The fourth-order valence-corrected chi connectivity index (χ4v) is 2.15. The molecular formula is C13H17Cl2NO3. The first-order chi connectivity index (χ1) is 9.10. The van der Waals surface area contributed by atoms with E-state index in [1.165, 1.54) is 19.2 Å². The van der Waals surface area contributed by atoms with Crippen LogP contribution in [0.25, 0.3) is 0 Å². The lowest BCUT2D eigenvalue weighted by Crippen LogP contribution is -2.25. The minimum absolute atomic E-state index is 0.219. The van der Waals surface area contributed by atoms with Crippen molar-refractivity contribution in [2.45, 2.75) is 13.3 Å². The van der Waals surface area contributed by atoms with E-state index in [0.717, 1.165) is 6.42 Å². The van der Waals surface area contributed by atoms with Gasteiger partial charge in [0.05, 0.1) is 17.2 Å². The van der Waals surface area contributed by atoms with Crippen LogP contribution in [0.5, 0.6) is 5.75 Å². The Morgan fingerprint density at radius 2 is 1.95 bits per heavy atom. The Bertz CT molecular complexity index is 415. The summed E-state index contributed by atoms with van der Waals surface area (Å²) in [6.45, 7) is 3.78. The number of amides is 1. The third-order valence-corrected chi connectivity index (χ3v) is 2.98. The maximum Gasteiger partial charge on any atom is 0.251 e. The topological polar surface area (TPSA) is 47.6 Å². The van der Waals surface area contributed by atoms with Crippen molar-refractivity contribution in [2.75, 3.05) is 26.9 Å². The lowest BCUT2D eigenvalue weighted by Gasteiger charge is -2.09. The van der Waals surface area contributed by atoms with Gasteiger partial charge in [-0.3, -0.25) is 4.79 Å². The number of ether oxygens (including phenoxy) is 2. The van der Waals surface area contributed by atoms with Crippen molar-refractivity contribution in [1.29, 1.82) is 0 Å². The molecule has 1 aromatic carbocycles. The molecule has 4 nitrogen and oxygen atoms in total. The second-order valence-electron chi connectivity index (χ2n) is 3.78. The molecule has 19 heavy (non-hydrogen) atoms. The minimum atomic E-state index is -0.219. The molecule has 0 aliphatic rings. The summed E-state index contributed by atoms with van der Waals surface area (Å²) < 4.78 is 10.2. The van der Waals surface area contributed by atoms with Gasteiger partial charge in [-0.1, -0.05) is 23.2 Å². The molecule has 0 unspecified atom stereocenters. The fourth-order valence-electron chi connectivity index (χ4n) is 1.51. The molecule has 0 saturated heterocycles. The minimum Gasteiger partial charge on any atom is -0.494 e. The number of hydrogen-bond donors (Lipinski definition) is 1. The zero-order chi connectivity index (χ0) is 14.3. The highest BCUT2D eigenvalue weighted by Gasteiger charge is 2.12. The monoisotopic (exact) mass is 305 g/mol. The van der Waals surface area contributed by atoms with Gasteiger partial charge in [0.1, 0.15) is 0 Å². The third kappa shape index (κ3) is 4.90. The molecule has 1 aromatic rings. The van der Waals surface area contributed by atoms with E-state index in [2.05, 4.69) is 5.32 Å². The first-order valence-corrected chi connectivity index (χ1v) is 6.74. The van der Waals surface area contributed by atoms with Crippen molar-refractivity contribution in [3.05, 3.63) is 27.7 Å². The largest absolute Gasteiger partial charge is 0.494 e. The highest BCUT2D eigenvalue weighted by atomic mass is 35.5. The molecule has 0 bridgehead atoms. The number of rotatable bonds is 7. The van der Waals surface area contributed by atoms with Crippen molar-refractivity contribution in [2.24, 2.45) is 0 Å². The fraction of sp³-hybridized carbons (Fsp3) is 0.462. The Labute approximate surface area is 123 Å². The summed E-state index contributed by atoms with van der Waals surface area (Å²) in [6, 6.07) is 3.06. The summed E-state index contributed by atoms with van der Waals surface area (Å²) in [6.07, 6.45) is 0.761. The summed E-state index contributed by atoms with van der Waals surface area (Å²) in [5.74, 6) is 0.152. The highest BCUT2D eigenvalue weighted by Crippen LogP contribution is 2.33. The SMILES string of the molecule is CCOCCCNC(=O)c1cc(Cl)c(OC)c(Cl)c1. The van der Waals surface area contributed by atoms with Gasteiger partial charge in [-0.2, -0.15) is 0 Å². The second kappa shape index (κ2) is 8.25. The van der Waals surface area contributed by atoms with Gasteiger partial charge in [0.25, 0.3) is 5.91 Å². The summed E-state index contributed by atoms with van der Waals surface area (Å²) in [5.41, 5.74) is 0.409. The van der Waals surface area contributed by atoms with E-state index in [1.54, 1.807) is 0 Å². The van der Waals surface area contributed by atoms with Gasteiger partial charge >= 0.3 is 0 Å². The predicted molar refractivity (Wildman–Crippen MR) is 76.5 cm³/mol. The van der Waals surface area contributed by atoms with Crippen LogP contribution in [0.4, 0.5) is 0 Å². The Morgan fingerprint density at radius 1 is 1.32 bits per heavy atom. The summed E-state index contributed by atoms with van der Waals surface area (Å²) >= 11 is 11.9. The van der Waals surface area contributed by atoms with Crippen LogP contribution >= 0.6 is 23.2 Å². The zero-order valence-electron chi connectivity index (χ0n) is 11.0. The number of methoxy groups -OCH3 is 1. The van der Waals surface area contributed by atoms with Gasteiger partial charge in [0.15, 0.2) is 5.75 Å². The van der Waals surface area contributed by atoms with Gasteiger partial charge in [-0.25, -0.2) is 0 Å². The summed E-state index contributed by atoms with van der Waals surface area (Å²) in [4.78, 5) is 11.9. The molecule has 0 heterocycles. The molecule has 0 aromatic heterocycles. The lowest BCUT2D eigenvalue weighted by molar-refractivity contribution is 0.0944. The smallest absolute Gasteiger partial charge is 0.251 e. The maximum atomic E-state index is 11.9. The molecule has 0 fully saturated rings. The van der Waals surface area contributed by atoms with Crippen molar-refractivity contribution in [3.63, 3.8) is 0 Å². The van der Waals surface area contributed by atoms with Crippen LogP contribution in [0.3, 0.4) is 0 Å². The number of carbonyl (C=O) groups is 1. The van der Waals surface area contributed by atoms with Gasteiger partial charge in [-0.15, -0.1) is 0 Å². The second-order valence-corrected chi connectivity index (χ2v) is 4.59. The van der Waals surface area contributed by atoms with Crippen LogP contribution in [0.15, 0.2) is 12.1 Å². The van der Waals surface area contributed by atoms with Crippen LogP contribution in [0, 0.1) is 0 Å². The van der Waals surface area contributed by atoms with E-state index in [0.29, 0.717) is 41.1 Å². The van der Waals surface area contributed by atoms with Crippen LogP contribution in [0.2, 0.25) is 10.0 Å². The summed E-state index contributed by atoms with van der Waals surface area (Å²) in [5, 5.41) is 3.40. The quantitative estimate of drug-likeness (QED) is 0.787. The first kappa shape index (κ1) is 16.1. The molecule has 1 amide bonds. The number of benzene rings is 1. The highest BCUT2D eigenvalue weighted by molar-refractivity contribution is 6.37. The van der Waals surface area contributed by atoms with Crippen LogP contribution in [-0.2, 0) is 4.74 Å². The van der Waals surface area contributed by atoms with Crippen molar-refractivity contribution < 1.29 is 14.3 Å². The molecule has 0 aliphatic heterocycles. The molecule has 0 atom stereocenters. The standard InChI is InChI=1S/C13H17Cl2NO3/c1-3-19-6-4-5-16-13(17)9-7-10(14)12(18-2)11(15)8-9/h7-8H,3-6H2,1-2H3,(H,16,17). The Kier molecular flexibility index (Phi) is 6.99.